The highest BCUT2D eigenvalue weighted by atomic mass is 16.3. The number of amides is 2. The van der Waals surface area contributed by atoms with Gasteiger partial charge in [0.2, 0.25) is 5.91 Å². The fourth-order valence-corrected chi connectivity index (χ4v) is 3.23. The molecule has 8 nitrogen and oxygen atoms in total. The zero-order valence-corrected chi connectivity index (χ0v) is 16.4. The van der Waals surface area contributed by atoms with Crippen molar-refractivity contribution in [3.05, 3.63) is 90.3 Å². The lowest BCUT2D eigenvalue weighted by Crippen LogP contribution is -2.48. The first kappa shape index (κ1) is 19.4. The number of pyridine rings is 1. The summed E-state index contributed by atoms with van der Waals surface area (Å²) in [6.07, 6.45) is 3.60. The second kappa shape index (κ2) is 8.60. The average molecular weight is 403 g/mol. The monoisotopic (exact) mass is 403 g/mol. The van der Waals surface area contributed by atoms with Crippen molar-refractivity contribution in [3.63, 3.8) is 0 Å². The van der Waals surface area contributed by atoms with Gasteiger partial charge < -0.3 is 15.1 Å². The van der Waals surface area contributed by atoms with Crippen LogP contribution in [0.3, 0.4) is 0 Å². The lowest BCUT2D eigenvalue weighted by atomic mass is 10.0. The minimum absolute atomic E-state index is 0.150. The number of hydrogen-bond acceptors (Lipinski definition) is 5. The van der Waals surface area contributed by atoms with Gasteiger partial charge in [0.15, 0.2) is 17.2 Å². The van der Waals surface area contributed by atoms with E-state index < -0.39 is 18.0 Å². The summed E-state index contributed by atoms with van der Waals surface area (Å²) >= 11 is 0. The second-order valence-corrected chi connectivity index (χ2v) is 6.91. The van der Waals surface area contributed by atoms with Gasteiger partial charge in [-0.1, -0.05) is 36.4 Å². The molecule has 0 radical (unpaired) electrons. The number of carbonyl (C=O) groups is 2. The van der Waals surface area contributed by atoms with Crippen LogP contribution in [0, 0.1) is 0 Å². The molecule has 2 atom stereocenters. The van der Waals surface area contributed by atoms with Crippen LogP contribution in [0.5, 0.6) is 0 Å². The molecule has 0 aliphatic rings. The van der Waals surface area contributed by atoms with E-state index in [1.807, 2.05) is 66.1 Å². The summed E-state index contributed by atoms with van der Waals surface area (Å²) in [5.74, 6) is -0.0114. The van der Waals surface area contributed by atoms with Crippen molar-refractivity contribution in [2.45, 2.75) is 25.4 Å². The lowest BCUT2D eigenvalue weighted by Gasteiger charge is -2.20. The predicted octanol–water partition coefficient (Wildman–Crippen LogP) is 2.54. The molecule has 2 N–H and O–H groups in total. The van der Waals surface area contributed by atoms with Crippen LogP contribution in [-0.4, -0.2) is 32.5 Å². The van der Waals surface area contributed by atoms with E-state index in [1.165, 1.54) is 6.26 Å². The van der Waals surface area contributed by atoms with E-state index in [4.69, 9.17) is 4.42 Å². The zero-order chi connectivity index (χ0) is 20.9. The maximum atomic E-state index is 13.1. The van der Waals surface area contributed by atoms with Gasteiger partial charge in [0.25, 0.3) is 5.91 Å². The van der Waals surface area contributed by atoms with Crippen LogP contribution in [0.25, 0.3) is 5.65 Å². The van der Waals surface area contributed by atoms with Gasteiger partial charge in [-0.15, -0.1) is 10.2 Å². The van der Waals surface area contributed by atoms with E-state index in [1.54, 1.807) is 12.1 Å². The van der Waals surface area contributed by atoms with Gasteiger partial charge in [0, 0.05) is 12.6 Å². The minimum Gasteiger partial charge on any atom is -0.459 e. The van der Waals surface area contributed by atoms with Gasteiger partial charge in [-0.05, 0) is 36.8 Å². The molecule has 152 valence electrons. The second-order valence-electron chi connectivity index (χ2n) is 6.91. The van der Waals surface area contributed by atoms with Crippen molar-refractivity contribution in [2.24, 2.45) is 0 Å². The molecule has 0 aliphatic carbocycles. The van der Waals surface area contributed by atoms with Gasteiger partial charge in [0.1, 0.15) is 6.04 Å². The molecular weight excluding hydrogens is 382 g/mol. The fourth-order valence-electron chi connectivity index (χ4n) is 3.23. The molecule has 4 rings (SSSR count). The summed E-state index contributed by atoms with van der Waals surface area (Å²) < 4.78 is 6.97. The summed E-state index contributed by atoms with van der Waals surface area (Å²) in [5.41, 5.74) is 1.62. The molecule has 3 heterocycles. The van der Waals surface area contributed by atoms with Crippen LogP contribution >= 0.6 is 0 Å². The normalized spacial score (nSPS) is 13.0. The van der Waals surface area contributed by atoms with E-state index in [2.05, 4.69) is 20.8 Å². The third-order valence-corrected chi connectivity index (χ3v) is 4.74. The van der Waals surface area contributed by atoms with Gasteiger partial charge >= 0.3 is 0 Å². The summed E-state index contributed by atoms with van der Waals surface area (Å²) in [5, 5.41) is 14.0. The Morgan fingerprint density at radius 2 is 1.80 bits per heavy atom. The van der Waals surface area contributed by atoms with Crippen molar-refractivity contribution in [3.8, 4) is 0 Å². The molecule has 0 saturated heterocycles. The highest BCUT2D eigenvalue weighted by Crippen LogP contribution is 2.13. The molecule has 1 aromatic carbocycles. The number of hydrogen-bond donors (Lipinski definition) is 2. The molecule has 30 heavy (non-hydrogen) atoms. The van der Waals surface area contributed by atoms with Crippen LogP contribution in [-0.2, 0) is 11.2 Å². The third-order valence-electron chi connectivity index (χ3n) is 4.74. The number of aromatic nitrogens is 3. The number of rotatable bonds is 7. The maximum absolute atomic E-state index is 13.1. The molecule has 8 heteroatoms. The van der Waals surface area contributed by atoms with Crippen molar-refractivity contribution in [1.29, 1.82) is 0 Å². The number of benzene rings is 1. The van der Waals surface area contributed by atoms with Crippen molar-refractivity contribution < 1.29 is 14.0 Å². The van der Waals surface area contributed by atoms with E-state index in [-0.39, 0.29) is 11.7 Å². The summed E-state index contributed by atoms with van der Waals surface area (Å²) in [6.45, 7) is 1.83. The zero-order valence-electron chi connectivity index (χ0n) is 16.4. The molecule has 3 aromatic heterocycles. The lowest BCUT2D eigenvalue weighted by molar-refractivity contribution is -0.123. The van der Waals surface area contributed by atoms with Gasteiger partial charge in [0.05, 0.1) is 12.3 Å². The van der Waals surface area contributed by atoms with Crippen LogP contribution in [0.4, 0.5) is 0 Å². The van der Waals surface area contributed by atoms with Gasteiger partial charge in [-0.2, -0.15) is 0 Å². The topological polar surface area (TPSA) is 102 Å². The Morgan fingerprint density at radius 1 is 1.00 bits per heavy atom. The predicted molar refractivity (Wildman–Crippen MR) is 110 cm³/mol. The quantitative estimate of drug-likeness (QED) is 0.494. The van der Waals surface area contributed by atoms with Crippen LogP contribution in [0.2, 0.25) is 0 Å². The van der Waals surface area contributed by atoms with Crippen molar-refractivity contribution in [2.75, 3.05) is 0 Å². The summed E-state index contributed by atoms with van der Waals surface area (Å²) in [4.78, 5) is 25.6. The van der Waals surface area contributed by atoms with E-state index in [9.17, 15) is 9.59 Å². The Kier molecular flexibility index (Phi) is 5.56. The third kappa shape index (κ3) is 4.22. The maximum Gasteiger partial charge on any atom is 0.287 e. The Hall–Kier alpha value is -3.94. The summed E-state index contributed by atoms with van der Waals surface area (Å²) in [6, 6.07) is 17.1. The molecule has 0 spiro atoms. The van der Waals surface area contributed by atoms with Gasteiger partial charge in [-0.25, -0.2) is 0 Å². The Balaban J connectivity index is 1.52. The van der Waals surface area contributed by atoms with Crippen molar-refractivity contribution in [1.82, 2.24) is 25.2 Å². The number of furan rings is 1. The first-order valence-corrected chi connectivity index (χ1v) is 9.60. The van der Waals surface area contributed by atoms with Crippen LogP contribution < -0.4 is 10.6 Å². The smallest absolute Gasteiger partial charge is 0.287 e. The standard InChI is InChI=1S/C22H21N5O3/c1-15(20-26-25-19-11-5-6-12-27(19)20)23-21(28)17(14-16-8-3-2-4-9-16)24-22(29)18-10-7-13-30-18/h2-13,15,17H,14H2,1H3,(H,23,28)(H,24,29). The number of nitrogens with one attached hydrogen (secondary N) is 2. The molecule has 0 bridgehead atoms. The number of carbonyl (C=O) groups excluding carboxylic acids is 2. The summed E-state index contributed by atoms with van der Waals surface area (Å²) in [7, 11) is 0. The Morgan fingerprint density at radius 3 is 2.57 bits per heavy atom. The largest absolute Gasteiger partial charge is 0.459 e. The van der Waals surface area contributed by atoms with Crippen LogP contribution in [0.15, 0.2) is 77.5 Å². The molecule has 2 amide bonds. The molecule has 0 saturated carbocycles. The van der Waals surface area contributed by atoms with Crippen molar-refractivity contribution >= 4 is 17.5 Å². The molecule has 4 aromatic rings. The Labute approximate surface area is 172 Å². The fraction of sp³-hybridized carbons (Fsp3) is 0.182. The first-order valence-electron chi connectivity index (χ1n) is 9.60. The van der Waals surface area contributed by atoms with E-state index in [0.717, 1.165) is 5.56 Å². The first-order chi connectivity index (χ1) is 14.6. The minimum atomic E-state index is -0.786. The van der Waals surface area contributed by atoms with Gasteiger partial charge in [-0.3, -0.25) is 14.0 Å². The molecule has 0 fully saturated rings. The SMILES string of the molecule is CC(NC(=O)C(Cc1ccccc1)NC(=O)c1ccco1)c1nnc2ccccn12. The van der Waals surface area contributed by atoms with E-state index in [0.29, 0.717) is 17.9 Å². The number of nitrogens with zero attached hydrogens (tertiary/aromatic N) is 3. The highest BCUT2D eigenvalue weighted by Gasteiger charge is 2.25. The number of fused-ring (bicyclic) bond motifs is 1. The molecular formula is C22H21N5O3. The molecule has 2 unspecified atom stereocenters. The van der Waals surface area contributed by atoms with E-state index >= 15 is 0 Å². The molecule has 0 aliphatic heterocycles. The highest BCUT2D eigenvalue weighted by molar-refractivity contribution is 5.95. The Bertz CT molecular complexity index is 1140. The average Bonchev–Trinajstić information content (AvgIpc) is 3.44. The van der Waals surface area contributed by atoms with Crippen LogP contribution in [0.1, 0.15) is 34.9 Å².